The molecule has 0 amide bonds. The van der Waals surface area contributed by atoms with Crippen LogP contribution in [0.3, 0.4) is 0 Å². The van der Waals surface area contributed by atoms with Crippen molar-refractivity contribution >= 4 is 28.5 Å². The van der Waals surface area contributed by atoms with Gasteiger partial charge in [-0.3, -0.25) is 4.79 Å². The molecule has 2 heterocycles. The number of carbonyl (C=O) groups excluding carboxylic acids is 1. The number of fused-ring (bicyclic) bond motifs is 1. The third-order valence-corrected chi connectivity index (χ3v) is 6.49. The predicted octanol–water partition coefficient (Wildman–Crippen LogP) is 5.87. The molecule has 0 bridgehead atoms. The maximum absolute atomic E-state index is 13.5. The summed E-state index contributed by atoms with van der Waals surface area (Å²) >= 11 is 1.70. The SMILES string of the molecule is O=C1C[C@H](c2cccs2)CC2=C1[C@H](c1ccc(F)cc1)Nc1ccccc1N2. The van der Waals surface area contributed by atoms with Gasteiger partial charge in [0.15, 0.2) is 5.78 Å². The quantitative estimate of drug-likeness (QED) is 0.575. The van der Waals surface area contributed by atoms with Crippen LogP contribution in [0.2, 0.25) is 0 Å². The van der Waals surface area contributed by atoms with E-state index in [2.05, 4.69) is 22.1 Å². The second-order valence-electron chi connectivity index (χ2n) is 7.24. The lowest BCUT2D eigenvalue weighted by Crippen LogP contribution is -2.26. The van der Waals surface area contributed by atoms with Gasteiger partial charge in [0.1, 0.15) is 5.82 Å². The minimum Gasteiger partial charge on any atom is -0.372 e. The predicted molar refractivity (Wildman–Crippen MR) is 111 cm³/mol. The van der Waals surface area contributed by atoms with Gasteiger partial charge in [-0.05, 0) is 47.7 Å². The molecule has 28 heavy (non-hydrogen) atoms. The summed E-state index contributed by atoms with van der Waals surface area (Å²) in [5, 5.41) is 9.09. The number of halogens is 1. The first-order valence-corrected chi connectivity index (χ1v) is 10.2. The molecule has 3 nitrogen and oxygen atoms in total. The van der Waals surface area contributed by atoms with E-state index in [0.29, 0.717) is 6.42 Å². The van der Waals surface area contributed by atoms with Crippen LogP contribution in [-0.4, -0.2) is 5.78 Å². The molecule has 2 aliphatic rings. The Hall–Kier alpha value is -2.92. The molecule has 2 aromatic carbocycles. The number of para-hydroxylation sites is 2. The van der Waals surface area contributed by atoms with E-state index in [1.165, 1.54) is 17.0 Å². The summed E-state index contributed by atoms with van der Waals surface area (Å²) < 4.78 is 13.5. The van der Waals surface area contributed by atoms with E-state index in [4.69, 9.17) is 0 Å². The summed E-state index contributed by atoms with van der Waals surface area (Å²) in [5.41, 5.74) is 4.50. The maximum Gasteiger partial charge on any atom is 0.163 e. The first-order chi connectivity index (χ1) is 13.7. The van der Waals surface area contributed by atoms with E-state index < -0.39 is 0 Å². The summed E-state index contributed by atoms with van der Waals surface area (Å²) in [5.74, 6) is 0.0532. The van der Waals surface area contributed by atoms with Crippen molar-refractivity contribution < 1.29 is 9.18 Å². The Morgan fingerprint density at radius 3 is 2.46 bits per heavy atom. The molecule has 0 saturated heterocycles. The highest BCUT2D eigenvalue weighted by Gasteiger charge is 2.36. The van der Waals surface area contributed by atoms with Crippen LogP contribution in [0.1, 0.15) is 35.2 Å². The van der Waals surface area contributed by atoms with Gasteiger partial charge in [-0.2, -0.15) is 0 Å². The smallest absolute Gasteiger partial charge is 0.163 e. The summed E-state index contributed by atoms with van der Waals surface area (Å²) in [6.07, 6.45) is 1.28. The van der Waals surface area contributed by atoms with Gasteiger partial charge >= 0.3 is 0 Å². The molecule has 5 heteroatoms. The molecule has 0 spiro atoms. The molecule has 3 aromatic rings. The zero-order chi connectivity index (χ0) is 19.1. The third kappa shape index (κ3) is 3.02. The van der Waals surface area contributed by atoms with Gasteiger partial charge in [0.25, 0.3) is 0 Å². The standard InChI is InChI=1S/C23H19FN2OS/c24-16-9-7-14(8-10-16)23-22-19(25-17-4-1-2-5-18(17)26-23)12-15(13-20(22)27)21-6-3-11-28-21/h1-11,15,23,25-26H,12-13H2/t15-,23+/m1/s1. The van der Waals surface area contributed by atoms with Crippen LogP contribution in [0.5, 0.6) is 0 Å². The highest BCUT2D eigenvalue weighted by atomic mass is 32.1. The fraction of sp³-hybridized carbons (Fsp3) is 0.174. The number of allylic oxidation sites excluding steroid dienone is 1. The Kier molecular flexibility index (Phi) is 4.24. The van der Waals surface area contributed by atoms with Crippen LogP contribution in [0.15, 0.2) is 77.3 Å². The molecule has 140 valence electrons. The Balaban J connectivity index is 1.62. The monoisotopic (exact) mass is 390 g/mol. The lowest BCUT2D eigenvalue weighted by Gasteiger charge is -2.29. The van der Waals surface area contributed by atoms with E-state index in [1.807, 2.05) is 30.3 Å². The molecule has 0 saturated carbocycles. The Labute approximate surface area is 166 Å². The Morgan fingerprint density at radius 2 is 1.71 bits per heavy atom. The van der Waals surface area contributed by atoms with Gasteiger partial charge in [-0.25, -0.2) is 4.39 Å². The van der Waals surface area contributed by atoms with Gasteiger partial charge in [0.2, 0.25) is 0 Å². The van der Waals surface area contributed by atoms with Gasteiger partial charge in [-0.1, -0.05) is 30.3 Å². The fourth-order valence-electron chi connectivity index (χ4n) is 4.12. The molecule has 1 aliphatic heterocycles. The van der Waals surface area contributed by atoms with Gasteiger partial charge in [-0.15, -0.1) is 11.3 Å². The third-order valence-electron chi connectivity index (χ3n) is 5.46. The topological polar surface area (TPSA) is 41.1 Å². The zero-order valence-corrected chi connectivity index (χ0v) is 15.9. The number of thiophene rings is 1. The zero-order valence-electron chi connectivity index (χ0n) is 15.1. The Bertz CT molecular complexity index is 1060. The fourth-order valence-corrected chi connectivity index (χ4v) is 4.95. The molecule has 0 radical (unpaired) electrons. The number of hydrogen-bond donors (Lipinski definition) is 2. The summed E-state index contributed by atoms with van der Waals surface area (Å²) in [7, 11) is 0. The largest absolute Gasteiger partial charge is 0.372 e. The first kappa shape index (κ1) is 17.2. The highest BCUT2D eigenvalue weighted by Crippen LogP contribution is 2.44. The van der Waals surface area contributed by atoms with E-state index in [-0.39, 0.29) is 23.6 Å². The summed E-state index contributed by atoms with van der Waals surface area (Å²) in [6.45, 7) is 0. The molecule has 1 aliphatic carbocycles. The van der Waals surface area contributed by atoms with Crippen molar-refractivity contribution in [3.05, 3.63) is 93.6 Å². The molecular weight excluding hydrogens is 371 g/mol. The van der Waals surface area contributed by atoms with Crippen LogP contribution in [0.25, 0.3) is 0 Å². The van der Waals surface area contributed by atoms with Crippen LogP contribution in [0, 0.1) is 5.82 Å². The number of carbonyl (C=O) groups is 1. The average molecular weight is 390 g/mol. The minimum atomic E-state index is -0.302. The molecule has 0 fully saturated rings. The lowest BCUT2D eigenvalue weighted by atomic mass is 9.81. The van der Waals surface area contributed by atoms with E-state index in [9.17, 15) is 9.18 Å². The van der Waals surface area contributed by atoms with E-state index in [0.717, 1.165) is 34.6 Å². The number of rotatable bonds is 2. The van der Waals surface area contributed by atoms with E-state index in [1.54, 1.807) is 23.5 Å². The van der Waals surface area contributed by atoms with E-state index >= 15 is 0 Å². The number of benzene rings is 2. The second kappa shape index (κ2) is 6.91. The lowest BCUT2D eigenvalue weighted by molar-refractivity contribution is -0.116. The second-order valence-corrected chi connectivity index (χ2v) is 8.21. The molecule has 2 atom stereocenters. The van der Waals surface area contributed by atoms with Crippen molar-refractivity contribution in [3.63, 3.8) is 0 Å². The molecule has 2 N–H and O–H groups in total. The van der Waals surface area contributed by atoms with Crippen molar-refractivity contribution in [1.29, 1.82) is 0 Å². The average Bonchev–Trinajstić information content (AvgIpc) is 3.18. The highest BCUT2D eigenvalue weighted by molar-refractivity contribution is 7.10. The van der Waals surface area contributed by atoms with Crippen LogP contribution < -0.4 is 10.6 Å². The summed E-state index contributed by atoms with van der Waals surface area (Å²) in [4.78, 5) is 14.5. The molecule has 1 aromatic heterocycles. The van der Waals surface area contributed by atoms with Crippen molar-refractivity contribution in [2.24, 2.45) is 0 Å². The first-order valence-electron chi connectivity index (χ1n) is 9.37. The van der Waals surface area contributed by atoms with Gasteiger partial charge in [0, 0.05) is 28.5 Å². The van der Waals surface area contributed by atoms with Crippen molar-refractivity contribution in [1.82, 2.24) is 0 Å². The molecular formula is C23H19FN2OS. The molecule has 0 unspecified atom stereocenters. The van der Waals surface area contributed by atoms with Crippen LogP contribution >= 0.6 is 11.3 Å². The Morgan fingerprint density at radius 1 is 0.929 bits per heavy atom. The number of Topliss-reactive ketones (excluding diaryl/α,β-unsaturated/α-hetero) is 1. The normalized spacial score (nSPS) is 21.2. The maximum atomic E-state index is 13.5. The van der Waals surface area contributed by atoms with Gasteiger partial charge in [0.05, 0.1) is 17.4 Å². The van der Waals surface area contributed by atoms with Gasteiger partial charge < -0.3 is 10.6 Å². The van der Waals surface area contributed by atoms with Crippen molar-refractivity contribution in [2.75, 3.05) is 10.6 Å². The van der Waals surface area contributed by atoms with Crippen molar-refractivity contribution in [2.45, 2.75) is 24.8 Å². The number of anilines is 2. The molecule has 5 rings (SSSR count). The number of nitrogens with one attached hydrogen (secondary N) is 2. The van der Waals surface area contributed by atoms with Crippen molar-refractivity contribution in [3.8, 4) is 0 Å². The number of ketones is 1. The minimum absolute atomic E-state index is 0.141. The summed E-state index contributed by atoms with van der Waals surface area (Å²) in [6, 6.07) is 18.2. The van der Waals surface area contributed by atoms with Crippen LogP contribution in [0.4, 0.5) is 15.8 Å². The van der Waals surface area contributed by atoms with Crippen LogP contribution in [-0.2, 0) is 4.79 Å². The number of hydrogen-bond acceptors (Lipinski definition) is 4.